The molecule has 0 radical (unpaired) electrons. The van der Waals surface area contributed by atoms with Crippen LogP contribution in [0.3, 0.4) is 0 Å². The molecule has 0 aliphatic rings. The second-order valence-electron chi connectivity index (χ2n) is 5.09. The van der Waals surface area contributed by atoms with Crippen LogP contribution in [-0.2, 0) is 16.4 Å². The fourth-order valence-corrected chi connectivity index (χ4v) is 2.93. The summed E-state index contributed by atoms with van der Waals surface area (Å²) in [7, 11) is -2.42. The molecule has 142 valence electrons. The molecule has 0 saturated heterocycles. The van der Waals surface area contributed by atoms with Gasteiger partial charge in [-0.15, -0.1) is 0 Å². The van der Waals surface area contributed by atoms with E-state index in [0.717, 1.165) is 5.56 Å². The molecule has 7 nitrogen and oxygen atoms in total. The van der Waals surface area contributed by atoms with Crippen LogP contribution in [-0.4, -0.2) is 33.2 Å². The zero-order valence-corrected chi connectivity index (χ0v) is 14.9. The number of methoxy groups -OCH3 is 1. The van der Waals surface area contributed by atoms with Gasteiger partial charge in [0.25, 0.3) is 15.9 Å². The van der Waals surface area contributed by atoms with E-state index in [-0.39, 0.29) is 18.2 Å². The first-order valence-corrected chi connectivity index (χ1v) is 9.10. The summed E-state index contributed by atoms with van der Waals surface area (Å²) in [6.07, 6.45) is 0.501. The van der Waals surface area contributed by atoms with Gasteiger partial charge in [-0.25, -0.2) is 8.42 Å². The average molecular weight is 401 g/mol. The third-order valence-electron chi connectivity index (χ3n) is 3.46. The van der Waals surface area contributed by atoms with E-state index in [9.17, 15) is 13.2 Å². The van der Waals surface area contributed by atoms with Crippen molar-refractivity contribution in [1.82, 2.24) is 10.2 Å². The fourth-order valence-electron chi connectivity index (χ4n) is 2.16. The number of nitrogens with one attached hydrogen (secondary N) is 2. The van der Waals surface area contributed by atoms with Crippen LogP contribution in [0.1, 0.15) is 23.3 Å². The van der Waals surface area contributed by atoms with Gasteiger partial charge in [0, 0.05) is 11.6 Å². The zero-order valence-electron chi connectivity index (χ0n) is 13.3. The van der Waals surface area contributed by atoms with Gasteiger partial charge in [0.2, 0.25) is 0 Å². The number of halogens is 1. The predicted molar refractivity (Wildman–Crippen MR) is 99.3 cm³/mol. The van der Waals surface area contributed by atoms with E-state index in [1.807, 2.05) is 0 Å². The molecule has 0 aliphatic carbocycles. The standard InChI is InChI=1S/C16H17ClN2O5S.CH4/c1-24-15-7-4-12(17)10-14(15)16(20)18-9-8-11-2-5-13(6-3-11)25(22,23)19-21;/h2-7,10,19,21H,8-9H2,1H3,(H,18,20);1H4. The number of carbonyl (C=O) groups is 1. The Balaban J connectivity index is 0.00000338. The molecule has 0 bridgehead atoms. The van der Waals surface area contributed by atoms with Crippen LogP contribution in [0.4, 0.5) is 0 Å². The number of ether oxygens (including phenoxy) is 1. The van der Waals surface area contributed by atoms with Crippen LogP contribution in [0.25, 0.3) is 0 Å². The van der Waals surface area contributed by atoms with Crippen molar-refractivity contribution < 1.29 is 23.2 Å². The van der Waals surface area contributed by atoms with Crippen molar-refractivity contribution in [3.8, 4) is 5.75 Å². The molecule has 0 fully saturated rings. The highest BCUT2D eigenvalue weighted by Crippen LogP contribution is 2.22. The molecule has 0 heterocycles. The van der Waals surface area contributed by atoms with Gasteiger partial charge in [0.05, 0.1) is 17.6 Å². The number of rotatable bonds is 7. The highest BCUT2D eigenvalue weighted by Gasteiger charge is 2.13. The van der Waals surface area contributed by atoms with Gasteiger partial charge in [-0.2, -0.15) is 0 Å². The Morgan fingerprint density at radius 1 is 1.19 bits per heavy atom. The van der Waals surface area contributed by atoms with Crippen LogP contribution >= 0.6 is 11.6 Å². The van der Waals surface area contributed by atoms with Gasteiger partial charge in [0.15, 0.2) is 0 Å². The quantitative estimate of drug-likeness (QED) is 0.619. The molecule has 0 aromatic heterocycles. The van der Waals surface area contributed by atoms with Crippen LogP contribution < -0.4 is 14.9 Å². The Hall–Kier alpha value is -2.13. The summed E-state index contributed by atoms with van der Waals surface area (Å²) < 4.78 is 28.0. The molecule has 9 heteroatoms. The maximum absolute atomic E-state index is 12.2. The smallest absolute Gasteiger partial charge is 0.262 e. The minimum atomic E-state index is -3.89. The lowest BCUT2D eigenvalue weighted by Gasteiger charge is -2.10. The molecule has 0 spiro atoms. The van der Waals surface area contributed by atoms with Crippen LogP contribution in [0.2, 0.25) is 5.02 Å². The number of amides is 1. The van der Waals surface area contributed by atoms with Gasteiger partial charge in [-0.3, -0.25) is 4.79 Å². The van der Waals surface area contributed by atoms with E-state index in [1.54, 1.807) is 24.3 Å². The Bertz CT molecular complexity index is 854. The third-order valence-corrected chi connectivity index (χ3v) is 4.83. The lowest BCUT2D eigenvalue weighted by molar-refractivity contribution is 0.0951. The van der Waals surface area contributed by atoms with Gasteiger partial charge in [0.1, 0.15) is 5.75 Å². The molecule has 2 rings (SSSR count). The maximum Gasteiger partial charge on any atom is 0.262 e. The highest BCUT2D eigenvalue weighted by molar-refractivity contribution is 7.89. The van der Waals surface area contributed by atoms with Crippen LogP contribution in [0, 0.1) is 0 Å². The van der Waals surface area contributed by atoms with Crippen molar-refractivity contribution in [2.45, 2.75) is 18.7 Å². The second-order valence-corrected chi connectivity index (χ2v) is 7.19. The summed E-state index contributed by atoms with van der Waals surface area (Å²) in [6.45, 7) is 0.346. The van der Waals surface area contributed by atoms with E-state index in [0.29, 0.717) is 29.3 Å². The molecule has 0 atom stereocenters. The monoisotopic (exact) mass is 400 g/mol. The second kappa shape index (κ2) is 9.54. The summed E-state index contributed by atoms with van der Waals surface area (Å²) in [5.41, 5.74) is 1.17. The van der Waals surface area contributed by atoms with E-state index in [4.69, 9.17) is 21.5 Å². The van der Waals surface area contributed by atoms with Gasteiger partial charge in [-0.05, 0) is 42.3 Å². The zero-order chi connectivity index (χ0) is 18.4. The van der Waals surface area contributed by atoms with E-state index >= 15 is 0 Å². The van der Waals surface area contributed by atoms with Gasteiger partial charge < -0.3 is 15.3 Å². The van der Waals surface area contributed by atoms with E-state index < -0.39 is 10.0 Å². The predicted octanol–water partition coefficient (Wildman–Crippen LogP) is 2.62. The Morgan fingerprint density at radius 3 is 2.42 bits per heavy atom. The van der Waals surface area contributed by atoms with E-state index in [2.05, 4.69) is 5.32 Å². The Kier molecular flexibility index (Phi) is 8.04. The lowest BCUT2D eigenvalue weighted by Crippen LogP contribution is -2.26. The number of sulfonamides is 1. The Labute approximate surface area is 158 Å². The third kappa shape index (κ3) is 5.43. The summed E-state index contributed by atoms with van der Waals surface area (Å²) in [4.78, 5) is 13.4. The molecule has 3 N–H and O–H groups in total. The van der Waals surface area contributed by atoms with Crippen LogP contribution in [0.5, 0.6) is 5.75 Å². The van der Waals surface area contributed by atoms with Gasteiger partial charge >= 0.3 is 0 Å². The first kappa shape index (κ1) is 21.9. The molecule has 26 heavy (non-hydrogen) atoms. The first-order chi connectivity index (χ1) is 11.9. The number of hydrogen-bond donors (Lipinski definition) is 3. The molecule has 2 aromatic rings. The van der Waals surface area contributed by atoms with Crippen molar-refractivity contribution in [1.29, 1.82) is 0 Å². The number of benzene rings is 2. The summed E-state index contributed by atoms with van der Waals surface area (Å²) in [5, 5.41) is 11.8. The van der Waals surface area contributed by atoms with Crippen molar-refractivity contribution in [3.63, 3.8) is 0 Å². The van der Waals surface area contributed by atoms with Crippen molar-refractivity contribution in [3.05, 3.63) is 58.6 Å². The minimum Gasteiger partial charge on any atom is -0.496 e. The summed E-state index contributed by atoms with van der Waals surface area (Å²) >= 11 is 5.90. The van der Waals surface area contributed by atoms with Gasteiger partial charge in [-0.1, -0.05) is 36.0 Å². The average Bonchev–Trinajstić information content (AvgIpc) is 2.62. The fraction of sp³-hybridized carbons (Fsp3) is 0.235. The molecule has 1 amide bonds. The summed E-state index contributed by atoms with van der Waals surface area (Å²) in [6, 6.07) is 10.7. The Morgan fingerprint density at radius 2 is 1.85 bits per heavy atom. The molecule has 0 unspecified atom stereocenters. The van der Waals surface area contributed by atoms with Crippen molar-refractivity contribution in [2.75, 3.05) is 13.7 Å². The van der Waals surface area contributed by atoms with E-state index in [1.165, 1.54) is 30.2 Å². The maximum atomic E-state index is 12.2. The first-order valence-electron chi connectivity index (χ1n) is 7.24. The summed E-state index contributed by atoms with van der Waals surface area (Å²) in [5.74, 6) is 0.107. The molecular formula is C17H21ClN2O5S. The molecule has 0 aliphatic heterocycles. The SMILES string of the molecule is C.COc1ccc(Cl)cc1C(=O)NCCc1ccc(S(=O)(=O)NO)cc1. The van der Waals surface area contributed by atoms with Crippen molar-refractivity contribution >= 4 is 27.5 Å². The number of hydrogen-bond acceptors (Lipinski definition) is 5. The molecule has 2 aromatic carbocycles. The molecule has 0 saturated carbocycles. The largest absolute Gasteiger partial charge is 0.496 e. The molecular weight excluding hydrogens is 380 g/mol. The topological polar surface area (TPSA) is 105 Å². The lowest BCUT2D eigenvalue weighted by atomic mass is 10.1. The van der Waals surface area contributed by atoms with Crippen molar-refractivity contribution in [2.24, 2.45) is 0 Å². The minimum absolute atomic E-state index is 0. The highest BCUT2D eigenvalue weighted by atomic mass is 35.5. The number of carbonyl (C=O) groups excluding carboxylic acids is 1. The normalized spacial score (nSPS) is 10.7. The van der Waals surface area contributed by atoms with Crippen LogP contribution in [0.15, 0.2) is 47.4 Å².